The molecule has 0 heterocycles. The standard InChI is InChI=1S/C29H31BF2N2O4/c1-5-33-28(20-14-19(30)10-11-22(20)31)29(37)34-23(15-25(36)38-6-2)21-13-18(12-17(4)27(21)32)26-16(3)8-7-9-24(26)35/h5,7-14,23,28,33,35H,1,6,15,30H2,2-4H3,(H,34,37)/t23-,28?/m0/s1. The van der Waals surface area contributed by atoms with Crippen LogP contribution < -0.4 is 16.1 Å². The fourth-order valence-corrected chi connectivity index (χ4v) is 4.41. The first-order chi connectivity index (χ1) is 18.1. The van der Waals surface area contributed by atoms with E-state index < -0.39 is 35.6 Å². The number of phenolic OH excluding ortho intramolecular Hbond substituents is 1. The summed E-state index contributed by atoms with van der Waals surface area (Å²) in [6, 6.07) is 10.2. The molecule has 0 aromatic heterocycles. The summed E-state index contributed by atoms with van der Waals surface area (Å²) in [5.74, 6) is -2.55. The third-order valence-corrected chi connectivity index (χ3v) is 6.20. The maximum absolute atomic E-state index is 15.6. The largest absolute Gasteiger partial charge is 0.507 e. The number of aryl methyl sites for hydroxylation is 2. The highest BCUT2D eigenvalue weighted by Crippen LogP contribution is 2.36. The maximum atomic E-state index is 15.6. The molecule has 0 saturated carbocycles. The Kier molecular flexibility index (Phi) is 9.28. The summed E-state index contributed by atoms with van der Waals surface area (Å²) in [7, 11) is 1.76. The van der Waals surface area contributed by atoms with E-state index in [-0.39, 0.29) is 35.5 Å². The van der Waals surface area contributed by atoms with Crippen LogP contribution in [0.3, 0.4) is 0 Å². The predicted molar refractivity (Wildman–Crippen MR) is 146 cm³/mol. The third-order valence-electron chi connectivity index (χ3n) is 6.20. The Bertz CT molecular complexity index is 1340. The number of hydrogen-bond donors (Lipinski definition) is 3. The molecule has 3 aromatic rings. The van der Waals surface area contributed by atoms with Crippen molar-refractivity contribution in [1.82, 2.24) is 10.6 Å². The Morgan fingerprint density at radius 3 is 2.50 bits per heavy atom. The van der Waals surface area contributed by atoms with Crippen molar-refractivity contribution in [2.45, 2.75) is 39.3 Å². The number of esters is 1. The lowest BCUT2D eigenvalue weighted by Gasteiger charge is -2.25. The van der Waals surface area contributed by atoms with Crippen LogP contribution in [0.15, 0.2) is 61.3 Å². The first-order valence-corrected chi connectivity index (χ1v) is 12.2. The predicted octanol–water partition coefficient (Wildman–Crippen LogP) is 3.80. The summed E-state index contributed by atoms with van der Waals surface area (Å²) in [6.45, 7) is 8.71. The molecule has 9 heteroatoms. The van der Waals surface area contributed by atoms with E-state index >= 15 is 4.39 Å². The van der Waals surface area contributed by atoms with Crippen LogP contribution in [0.2, 0.25) is 0 Å². The quantitative estimate of drug-likeness (QED) is 0.280. The van der Waals surface area contributed by atoms with Crippen molar-refractivity contribution in [2.24, 2.45) is 0 Å². The number of halogens is 2. The number of carbonyl (C=O) groups excluding carboxylic acids is 2. The third kappa shape index (κ3) is 6.40. The van der Waals surface area contributed by atoms with E-state index in [4.69, 9.17) is 4.74 Å². The highest BCUT2D eigenvalue weighted by molar-refractivity contribution is 6.32. The van der Waals surface area contributed by atoms with Gasteiger partial charge in [-0.15, -0.1) is 0 Å². The number of phenols is 1. The molecule has 0 saturated heterocycles. The van der Waals surface area contributed by atoms with Gasteiger partial charge in [0.2, 0.25) is 5.91 Å². The number of carbonyl (C=O) groups is 2. The average Bonchev–Trinajstić information content (AvgIpc) is 2.85. The Labute approximate surface area is 222 Å². The lowest BCUT2D eigenvalue weighted by molar-refractivity contribution is -0.143. The molecule has 0 fully saturated rings. The van der Waals surface area contributed by atoms with Gasteiger partial charge in [0, 0.05) is 16.7 Å². The molecule has 0 bridgehead atoms. The second-order valence-corrected chi connectivity index (χ2v) is 9.06. The summed E-state index contributed by atoms with van der Waals surface area (Å²) in [5.41, 5.74) is 2.89. The number of hydrogen-bond acceptors (Lipinski definition) is 5. The first kappa shape index (κ1) is 28.4. The summed E-state index contributed by atoms with van der Waals surface area (Å²) < 4.78 is 35.3. The molecular formula is C29H31BF2N2O4. The molecule has 198 valence electrons. The van der Waals surface area contributed by atoms with E-state index in [1.807, 2.05) is 13.0 Å². The second-order valence-electron chi connectivity index (χ2n) is 9.06. The Balaban J connectivity index is 2.10. The van der Waals surface area contributed by atoms with Crippen LogP contribution in [0.5, 0.6) is 5.75 Å². The van der Waals surface area contributed by atoms with Crippen molar-refractivity contribution >= 4 is 25.2 Å². The van der Waals surface area contributed by atoms with Gasteiger partial charge in [-0.2, -0.15) is 0 Å². The van der Waals surface area contributed by atoms with Crippen LogP contribution in [0.25, 0.3) is 11.1 Å². The van der Waals surface area contributed by atoms with Crippen LogP contribution in [-0.2, 0) is 14.3 Å². The topological polar surface area (TPSA) is 87.7 Å². The molecule has 2 atom stereocenters. The number of nitrogens with one attached hydrogen (secondary N) is 2. The van der Waals surface area contributed by atoms with Crippen LogP contribution >= 0.6 is 0 Å². The van der Waals surface area contributed by atoms with Crippen molar-refractivity contribution in [3.63, 3.8) is 0 Å². The van der Waals surface area contributed by atoms with Gasteiger partial charge in [0.25, 0.3) is 0 Å². The lowest BCUT2D eigenvalue weighted by atomic mass is 9.91. The average molecular weight is 520 g/mol. The normalized spacial score (nSPS) is 12.3. The molecule has 3 aromatic carbocycles. The Hall–Kier alpha value is -4.14. The Morgan fingerprint density at radius 1 is 1.11 bits per heavy atom. The second kappa shape index (κ2) is 12.4. The molecule has 0 spiro atoms. The lowest BCUT2D eigenvalue weighted by Crippen LogP contribution is -2.39. The molecule has 0 radical (unpaired) electrons. The molecule has 0 aliphatic rings. The van der Waals surface area contributed by atoms with Gasteiger partial charge in [-0.05, 0) is 67.9 Å². The number of rotatable bonds is 10. The summed E-state index contributed by atoms with van der Waals surface area (Å²) in [4.78, 5) is 26.0. The highest BCUT2D eigenvalue weighted by atomic mass is 19.1. The van der Waals surface area contributed by atoms with Crippen molar-refractivity contribution in [1.29, 1.82) is 0 Å². The minimum absolute atomic E-state index is 0.0121. The molecule has 6 nitrogen and oxygen atoms in total. The van der Waals surface area contributed by atoms with Crippen molar-refractivity contribution in [3.05, 3.63) is 95.2 Å². The van der Waals surface area contributed by atoms with Gasteiger partial charge in [-0.25, -0.2) is 8.78 Å². The maximum Gasteiger partial charge on any atom is 0.308 e. The molecule has 0 aliphatic heterocycles. The van der Waals surface area contributed by atoms with Crippen LogP contribution in [0.1, 0.15) is 47.7 Å². The summed E-state index contributed by atoms with van der Waals surface area (Å²) in [6.07, 6.45) is 0.898. The summed E-state index contributed by atoms with van der Waals surface area (Å²) >= 11 is 0. The number of benzene rings is 3. The fraction of sp³-hybridized carbons (Fsp3) is 0.241. The first-order valence-electron chi connectivity index (χ1n) is 12.2. The van der Waals surface area contributed by atoms with E-state index in [0.717, 1.165) is 11.0 Å². The molecule has 0 aliphatic carbocycles. The van der Waals surface area contributed by atoms with Crippen molar-refractivity contribution < 1.29 is 28.2 Å². The minimum Gasteiger partial charge on any atom is -0.507 e. The van der Waals surface area contributed by atoms with Gasteiger partial charge in [0.05, 0.1) is 19.1 Å². The number of aromatic hydroxyl groups is 1. The van der Waals surface area contributed by atoms with Crippen LogP contribution in [0.4, 0.5) is 8.78 Å². The summed E-state index contributed by atoms with van der Waals surface area (Å²) in [5, 5.41) is 16.0. The van der Waals surface area contributed by atoms with Gasteiger partial charge in [0.15, 0.2) is 0 Å². The van der Waals surface area contributed by atoms with Gasteiger partial charge in [-0.3, -0.25) is 9.59 Å². The van der Waals surface area contributed by atoms with Crippen molar-refractivity contribution in [3.8, 4) is 16.9 Å². The van der Waals surface area contributed by atoms with Gasteiger partial charge >= 0.3 is 5.97 Å². The van der Waals surface area contributed by atoms with E-state index in [2.05, 4.69) is 17.2 Å². The Morgan fingerprint density at radius 2 is 1.84 bits per heavy atom. The highest BCUT2D eigenvalue weighted by Gasteiger charge is 2.29. The zero-order valence-electron chi connectivity index (χ0n) is 21.9. The van der Waals surface area contributed by atoms with Crippen LogP contribution in [-0.4, -0.2) is 31.4 Å². The number of amides is 1. The van der Waals surface area contributed by atoms with Gasteiger partial charge in [-0.1, -0.05) is 36.3 Å². The van der Waals surface area contributed by atoms with Crippen LogP contribution in [0, 0.1) is 25.5 Å². The van der Waals surface area contributed by atoms with E-state index in [9.17, 15) is 19.1 Å². The molecule has 3 N–H and O–H groups in total. The molecule has 3 rings (SSSR count). The minimum atomic E-state index is -1.19. The smallest absolute Gasteiger partial charge is 0.308 e. The monoisotopic (exact) mass is 520 g/mol. The SMILES string of the molecule is Bc1ccc(F)c(C(NC=C)C(=O)N[C@@H](CC(=O)OCC)c2cc(-c3c(C)cccc3O)cc(C)c2F)c1. The molecule has 1 unspecified atom stereocenters. The molecular weight excluding hydrogens is 489 g/mol. The van der Waals surface area contributed by atoms with Crippen molar-refractivity contribution in [2.75, 3.05) is 6.61 Å². The van der Waals surface area contributed by atoms with Gasteiger partial charge in [0.1, 0.15) is 31.3 Å². The van der Waals surface area contributed by atoms with E-state index in [1.165, 1.54) is 30.5 Å². The zero-order chi connectivity index (χ0) is 28.0. The van der Waals surface area contributed by atoms with Gasteiger partial charge < -0.3 is 20.5 Å². The molecule has 38 heavy (non-hydrogen) atoms. The number of ether oxygens (including phenoxy) is 1. The van der Waals surface area contributed by atoms with E-state index in [1.54, 1.807) is 39.9 Å². The zero-order valence-corrected chi connectivity index (χ0v) is 21.9. The van der Waals surface area contributed by atoms with E-state index in [0.29, 0.717) is 11.1 Å². The molecule has 1 amide bonds. The fourth-order valence-electron chi connectivity index (χ4n) is 4.41.